The number of hydrogen-bond donors (Lipinski definition) is 2. The van der Waals surface area contributed by atoms with Crippen LogP contribution in [0.2, 0.25) is 0 Å². The van der Waals surface area contributed by atoms with E-state index >= 15 is 0 Å². The van der Waals surface area contributed by atoms with Gasteiger partial charge in [-0.15, -0.1) is 0 Å². The van der Waals surface area contributed by atoms with Gasteiger partial charge in [0.25, 0.3) is 0 Å². The predicted molar refractivity (Wildman–Crippen MR) is 76.1 cm³/mol. The van der Waals surface area contributed by atoms with Crippen LogP contribution in [0.15, 0.2) is 25.3 Å². The van der Waals surface area contributed by atoms with Crippen LogP contribution in [0.5, 0.6) is 5.88 Å². The lowest BCUT2D eigenvalue weighted by molar-refractivity contribution is 0.0400. The van der Waals surface area contributed by atoms with Crippen molar-refractivity contribution in [2.45, 2.75) is 24.7 Å². The molecule has 3 rings (SSSR count). The summed E-state index contributed by atoms with van der Waals surface area (Å²) in [6, 6.07) is -0.626. The molecule has 1 saturated carbocycles. The molecule has 1 aliphatic rings. The van der Waals surface area contributed by atoms with E-state index in [1.54, 1.807) is 10.6 Å². The first kappa shape index (κ1) is 14.9. The molecule has 0 saturated heterocycles. The van der Waals surface area contributed by atoms with Gasteiger partial charge in [-0.2, -0.15) is 4.98 Å². The molecule has 0 aromatic carbocycles. The molecular weight excluding hydrogens is 291 g/mol. The van der Waals surface area contributed by atoms with Crippen molar-refractivity contribution in [2.75, 3.05) is 13.2 Å². The van der Waals surface area contributed by atoms with E-state index in [-0.39, 0.29) is 13.2 Å². The molecule has 8 heteroatoms. The Balaban J connectivity index is 1.97. The predicted octanol–water partition coefficient (Wildman–Crippen LogP) is 0.643. The quantitative estimate of drug-likeness (QED) is 0.788. The van der Waals surface area contributed by atoms with Crippen LogP contribution in [0, 0.1) is 5.92 Å². The average Bonchev–Trinajstić information content (AvgIpc) is 3.08. The molecule has 2 aromatic heterocycles. The fourth-order valence-corrected chi connectivity index (χ4v) is 2.83. The lowest BCUT2D eigenvalue weighted by atomic mass is 10.1. The van der Waals surface area contributed by atoms with Crippen molar-refractivity contribution >= 4 is 11.2 Å². The molecule has 0 bridgehead atoms. The summed E-state index contributed by atoms with van der Waals surface area (Å²) in [5.41, 5.74) is 0.867. The zero-order chi connectivity index (χ0) is 15.7. The Hall–Kier alpha value is -2.06. The first-order valence-electron chi connectivity index (χ1n) is 7.01. The van der Waals surface area contributed by atoms with Gasteiger partial charge in [0.1, 0.15) is 19.1 Å². The number of alkyl halides is 1. The molecule has 0 spiro atoms. The lowest BCUT2D eigenvalue weighted by Gasteiger charge is -2.16. The highest BCUT2D eigenvalue weighted by molar-refractivity contribution is 5.76. The van der Waals surface area contributed by atoms with Crippen molar-refractivity contribution in [1.82, 2.24) is 19.5 Å². The van der Waals surface area contributed by atoms with Crippen molar-refractivity contribution < 1.29 is 19.3 Å². The van der Waals surface area contributed by atoms with Crippen LogP contribution in [0.25, 0.3) is 11.2 Å². The highest BCUT2D eigenvalue weighted by Crippen LogP contribution is 2.38. The van der Waals surface area contributed by atoms with Gasteiger partial charge in [0.2, 0.25) is 5.88 Å². The molecular formula is C14H17FN4O3. The number of imidazole rings is 1. The number of ether oxygens (including phenoxy) is 1. The number of halogens is 1. The summed E-state index contributed by atoms with van der Waals surface area (Å²) in [4.78, 5) is 12.3. The van der Waals surface area contributed by atoms with E-state index in [1.165, 1.54) is 12.7 Å². The number of aliphatic hydroxyl groups is 2. The molecule has 2 aromatic rings. The summed E-state index contributed by atoms with van der Waals surface area (Å²) in [6.07, 6.45) is 2.01. The van der Waals surface area contributed by atoms with E-state index in [0.717, 1.165) is 0 Å². The standard InChI is InChI=1S/C14H17FN4O3/c1-2-3-22-14-11-13(16-6-17-14)19(7-18-11)9-4-8(5-20)12(21)10(9)15/h2,6-10,12,20-21H,1,3-5H2/t8?,9?,10-,12+/m0/s1. The van der Waals surface area contributed by atoms with Gasteiger partial charge in [0.15, 0.2) is 11.2 Å². The van der Waals surface area contributed by atoms with Gasteiger partial charge in [-0.3, -0.25) is 0 Å². The molecule has 4 atom stereocenters. The first-order chi connectivity index (χ1) is 10.7. The number of nitrogens with zero attached hydrogens (tertiary/aromatic N) is 4. The van der Waals surface area contributed by atoms with Crippen molar-refractivity contribution in [3.05, 3.63) is 25.3 Å². The molecule has 1 aliphatic carbocycles. The summed E-state index contributed by atoms with van der Waals surface area (Å²) in [6.45, 7) is 3.59. The van der Waals surface area contributed by atoms with E-state index in [1.807, 2.05) is 0 Å². The summed E-state index contributed by atoms with van der Waals surface area (Å²) in [5, 5.41) is 19.0. The number of rotatable bonds is 5. The maximum atomic E-state index is 14.3. The van der Waals surface area contributed by atoms with Gasteiger partial charge in [0.05, 0.1) is 18.5 Å². The highest BCUT2D eigenvalue weighted by Gasteiger charge is 2.44. The molecule has 0 aliphatic heterocycles. The van der Waals surface area contributed by atoms with E-state index in [2.05, 4.69) is 21.5 Å². The zero-order valence-electron chi connectivity index (χ0n) is 11.8. The fourth-order valence-electron chi connectivity index (χ4n) is 2.83. The fraction of sp³-hybridized carbons (Fsp3) is 0.500. The van der Waals surface area contributed by atoms with Crippen LogP contribution < -0.4 is 4.74 Å². The second kappa shape index (κ2) is 5.98. The molecule has 2 heterocycles. The molecule has 0 amide bonds. The van der Waals surface area contributed by atoms with Gasteiger partial charge >= 0.3 is 0 Å². The average molecular weight is 308 g/mol. The number of aromatic nitrogens is 4. The lowest BCUT2D eigenvalue weighted by Crippen LogP contribution is -2.26. The number of hydrogen-bond acceptors (Lipinski definition) is 6. The molecule has 22 heavy (non-hydrogen) atoms. The van der Waals surface area contributed by atoms with E-state index < -0.39 is 24.2 Å². The van der Waals surface area contributed by atoms with Crippen LogP contribution in [-0.2, 0) is 0 Å². The van der Waals surface area contributed by atoms with Gasteiger partial charge in [-0.1, -0.05) is 12.7 Å². The largest absolute Gasteiger partial charge is 0.472 e. The Morgan fingerprint density at radius 3 is 2.95 bits per heavy atom. The van der Waals surface area contributed by atoms with Crippen LogP contribution in [0.1, 0.15) is 12.5 Å². The second-order valence-electron chi connectivity index (χ2n) is 5.28. The highest BCUT2D eigenvalue weighted by atomic mass is 19.1. The monoisotopic (exact) mass is 308 g/mol. The molecule has 2 unspecified atom stereocenters. The number of aliphatic hydroxyl groups excluding tert-OH is 2. The minimum absolute atomic E-state index is 0.257. The second-order valence-corrected chi connectivity index (χ2v) is 5.28. The minimum Gasteiger partial charge on any atom is -0.472 e. The van der Waals surface area contributed by atoms with Crippen molar-refractivity contribution in [3.8, 4) is 5.88 Å². The minimum atomic E-state index is -1.48. The van der Waals surface area contributed by atoms with Crippen LogP contribution in [-0.4, -0.2) is 55.2 Å². The molecule has 118 valence electrons. The van der Waals surface area contributed by atoms with Crippen molar-refractivity contribution in [3.63, 3.8) is 0 Å². The smallest absolute Gasteiger partial charge is 0.245 e. The third-order valence-corrected chi connectivity index (χ3v) is 3.98. The first-order valence-corrected chi connectivity index (χ1v) is 7.01. The Morgan fingerprint density at radius 1 is 1.45 bits per heavy atom. The molecule has 7 nitrogen and oxygen atoms in total. The van der Waals surface area contributed by atoms with E-state index in [9.17, 15) is 14.6 Å². The van der Waals surface area contributed by atoms with Crippen molar-refractivity contribution in [2.24, 2.45) is 5.92 Å². The van der Waals surface area contributed by atoms with Crippen LogP contribution >= 0.6 is 0 Å². The Bertz CT molecular complexity index is 677. The Morgan fingerprint density at radius 2 is 2.27 bits per heavy atom. The van der Waals surface area contributed by atoms with Gasteiger partial charge in [0, 0.05) is 12.5 Å². The third-order valence-electron chi connectivity index (χ3n) is 3.98. The van der Waals surface area contributed by atoms with Crippen molar-refractivity contribution in [1.29, 1.82) is 0 Å². The van der Waals surface area contributed by atoms with E-state index in [4.69, 9.17) is 4.74 Å². The maximum Gasteiger partial charge on any atom is 0.245 e. The van der Waals surface area contributed by atoms with Crippen LogP contribution in [0.4, 0.5) is 4.39 Å². The summed E-state index contributed by atoms with van der Waals surface area (Å²) < 4.78 is 21.3. The molecule has 0 radical (unpaired) electrons. The number of fused-ring (bicyclic) bond motifs is 1. The topological polar surface area (TPSA) is 93.3 Å². The maximum absolute atomic E-state index is 14.3. The Kier molecular flexibility index (Phi) is 4.04. The van der Waals surface area contributed by atoms with Crippen LogP contribution in [0.3, 0.4) is 0 Å². The van der Waals surface area contributed by atoms with Gasteiger partial charge < -0.3 is 19.5 Å². The summed E-state index contributed by atoms with van der Waals surface area (Å²) >= 11 is 0. The van der Waals surface area contributed by atoms with Gasteiger partial charge in [-0.05, 0) is 6.42 Å². The SMILES string of the molecule is C=CCOc1ncnc2c1ncn2C1CC(CO)[C@@H](O)[C@H]1F. The summed E-state index contributed by atoms with van der Waals surface area (Å²) in [5.74, 6) is -0.188. The molecule has 1 fully saturated rings. The zero-order valence-corrected chi connectivity index (χ0v) is 11.8. The van der Waals surface area contributed by atoms with Gasteiger partial charge in [-0.25, -0.2) is 14.4 Å². The summed E-state index contributed by atoms with van der Waals surface area (Å²) in [7, 11) is 0. The third kappa shape index (κ3) is 2.34. The Labute approximate surface area is 126 Å². The van der Waals surface area contributed by atoms with E-state index in [0.29, 0.717) is 23.5 Å². The molecule has 2 N–H and O–H groups in total. The normalized spacial score (nSPS) is 28.1.